The lowest BCUT2D eigenvalue weighted by atomic mass is 9.86. The molecule has 0 saturated carbocycles. The summed E-state index contributed by atoms with van der Waals surface area (Å²) in [5.74, 6) is 1.23. The van der Waals surface area contributed by atoms with Crippen molar-refractivity contribution in [2.24, 2.45) is 0 Å². The van der Waals surface area contributed by atoms with Gasteiger partial charge in [-0.2, -0.15) is 0 Å². The number of aryl methyl sites for hydroxylation is 2. The normalized spacial score (nSPS) is 18.3. The van der Waals surface area contributed by atoms with E-state index in [0.717, 1.165) is 23.3 Å². The predicted molar refractivity (Wildman–Crippen MR) is 117 cm³/mol. The predicted octanol–water partition coefficient (Wildman–Crippen LogP) is 5.31. The van der Waals surface area contributed by atoms with Crippen molar-refractivity contribution in [1.82, 2.24) is 0 Å². The van der Waals surface area contributed by atoms with E-state index in [-0.39, 0.29) is 5.41 Å². The monoisotopic (exact) mass is 412 g/mol. The first kappa shape index (κ1) is 22.0. The van der Waals surface area contributed by atoms with E-state index in [0.29, 0.717) is 37.6 Å². The standard InChI is InChI=1S/C25H32O5/c1-17-15-19(24(2,3)4)8-10-21(17)29-14-6-13-28-20-9-7-18-11-12-25(5,23(26)27)30-22(18)16-20/h7-10,15-16H,6,11-14H2,1-5H3,(H,26,27)/t25-/m1/s1. The van der Waals surface area contributed by atoms with Crippen LogP contribution in [0.25, 0.3) is 0 Å². The van der Waals surface area contributed by atoms with Crippen molar-refractivity contribution >= 4 is 5.97 Å². The third-order valence-electron chi connectivity index (χ3n) is 5.55. The Hall–Kier alpha value is -2.69. The van der Waals surface area contributed by atoms with E-state index in [4.69, 9.17) is 14.2 Å². The Morgan fingerprint density at radius 3 is 2.53 bits per heavy atom. The van der Waals surface area contributed by atoms with Crippen LogP contribution in [0.5, 0.6) is 17.2 Å². The fraction of sp³-hybridized carbons (Fsp3) is 0.480. The summed E-state index contributed by atoms with van der Waals surface area (Å²) in [7, 11) is 0. The van der Waals surface area contributed by atoms with Crippen LogP contribution in [0.4, 0.5) is 0 Å². The van der Waals surface area contributed by atoms with Gasteiger partial charge in [0.2, 0.25) is 5.60 Å². The molecule has 2 aromatic rings. The molecule has 1 atom stereocenters. The largest absolute Gasteiger partial charge is 0.493 e. The van der Waals surface area contributed by atoms with Crippen LogP contribution in [0.2, 0.25) is 0 Å². The Morgan fingerprint density at radius 2 is 1.87 bits per heavy atom. The SMILES string of the molecule is Cc1cc(C(C)(C)C)ccc1OCCCOc1ccc2c(c1)O[C@@](C)(C(=O)O)CC2. The van der Waals surface area contributed by atoms with Gasteiger partial charge in [-0.3, -0.25) is 0 Å². The van der Waals surface area contributed by atoms with Crippen LogP contribution in [-0.2, 0) is 16.6 Å². The summed E-state index contributed by atoms with van der Waals surface area (Å²) < 4.78 is 17.5. The highest BCUT2D eigenvalue weighted by Gasteiger charge is 2.39. The Morgan fingerprint density at radius 1 is 1.13 bits per heavy atom. The molecule has 0 spiro atoms. The summed E-state index contributed by atoms with van der Waals surface area (Å²) in [5, 5.41) is 9.39. The lowest BCUT2D eigenvalue weighted by molar-refractivity contribution is -0.155. The highest BCUT2D eigenvalue weighted by molar-refractivity contribution is 5.78. The van der Waals surface area contributed by atoms with Gasteiger partial charge in [0, 0.05) is 18.9 Å². The van der Waals surface area contributed by atoms with E-state index < -0.39 is 11.6 Å². The number of carboxylic acid groups (broad SMARTS) is 1. The molecular weight excluding hydrogens is 380 g/mol. The highest BCUT2D eigenvalue weighted by Crippen LogP contribution is 2.36. The third kappa shape index (κ3) is 5.07. The topological polar surface area (TPSA) is 65.0 Å². The maximum absolute atomic E-state index is 11.5. The fourth-order valence-corrected chi connectivity index (χ4v) is 3.45. The van der Waals surface area contributed by atoms with E-state index in [1.165, 1.54) is 5.56 Å². The van der Waals surface area contributed by atoms with Gasteiger partial charge >= 0.3 is 5.97 Å². The highest BCUT2D eigenvalue weighted by atomic mass is 16.5. The van der Waals surface area contributed by atoms with Gasteiger partial charge in [0.1, 0.15) is 17.2 Å². The molecule has 0 fully saturated rings. The second kappa shape index (κ2) is 8.58. The van der Waals surface area contributed by atoms with Crippen molar-refractivity contribution in [1.29, 1.82) is 0 Å². The fourth-order valence-electron chi connectivity index (χ4n) is 3.45. The molecule has 0 bridgehead atoms. The zero-order chi connectivity index (χ0) is 21.9. The molecule has 0 amide bonds. The number of fused-ring (bicyclic) bond motifs is 1. The minimum Gasteiger partial charge on any atom is -0.493 e. The van der Waals surface area contributed by atoms with Gasteiger partial charge in [-0.1, -0.05) is 39.0 Å². The molecule has 0 aromatic heterocycles. The van der Waals surface area contributed by atoms with Crippen LogP contribution in [0.3, 0.4) is 0 Å². The van der Waals surface area contributed by atoms with E-state index in [1.807, 2.05) is 18.2 Å². The van der Waals surface area contributed by atoms with Crippen LogP contribution >= 0.6 is 0 Å². The molecule has 0 saturated heterocycles. The van der Waals surface area contributed by atoms with Crippen molar-refractivity contribution in [3.8, 4) is 17.2 Å². The van der Waals surface area contributed by atoms with Crippen molar-refractivity contribution in [2.45, 2.75) is 64.9 Å². The second-order valence-corrected chi connectivity index (χ2v) is 9.19. The Labute approximate surface area is 179 Å². The summed E-state index contributed by atoms with van der Waals surface area (Å²) >= 11 is 0. The van der Waals surface area contributed by atoms with Crippen LogP contribution in [0.1, 0.15) is 57.2 Å². The molecule has 3 rings (SSSR count). The molecule has 162 valence electrons. The van der Waals surface area contributed by atoms with E-state index in [2.05, 4.69) is 39.8 Å². The lowest BCUT2D eigenvalue weighted by Gasteiger charge is -2.32. The number of carbonyl (C=O) groups is 1. The Bertz CT molecular complexity index is 912. The Kier molecular flexibility index (Phi) is 6.30. The zero-order valence-corrected chi connectivity index (χ0v) is 18.6. The summed E-state index contributed by atoms with van der Waals surface area (Å²) in [5.41, 5.74) is 2.39. The first-order valence-corrected chi connectivity index (χ1v) is 10.5. The van der Waals surface area contributed by atoms with Gasteiger partial charge in [-0.25, -0.2) is 4.79 Å². The van der Waals surface area contributed by atoms with E-state index in [1.54, 1.807) is 13.0 Å². The van der Waals surface area contributed by atoms with Crippen LogP contribution < -0.4 is 14.2 Å². The number of rotatable bonds is 7. The molecule has 5 nitrogen and oxygen atoms in total. The van der Waals surface area contributed by atoms with Gasteiger partial charge in [-0.05, 0) is 54.5 Å². The molecule has 1 N–H and O–H groups in total. The summed E-state index contributed by atoms with van der Waals surface area (Å²) in [6.45, 7) is 11.4. The molecule has 0 unspecified atom stereocenters. The van der Waals surface area contributed by atoms with Gasteiger partial charge in [0.05, 0.1) is 13.2 Å². The summed E-state index contributed by atoms with van der Waals surface area (Å²) in [4.78, 5) is 11.5. The van der Waals surface area contributed by atoms with Gasteiger partial charge in [-0.15, -0.1) is 0 Å². The molecule has 1 aliphatic heterocycles. The summed E-state index contributed by atoms with van der Waals surface area (Å²) in [6.07, 6.45) is 1.88. The molecule has 30 heavy (non-hydrogen) atoms. The van der Waals surface area contributed by atoms with Crippen LogP contribution in [0.15, 0.2) is 36.4 Å². The molecule has 1 heterocycles. The van der Waals surface area contributed by atoms with Crippen molar-refractivity contribution in [3.63, 3.8) is 0 Å². The second-order valence-electron chi connectivity index (χ2n) is 9.19. The first-order valence-electron chi connectivity index (χ1n) is 10.5. The van der Waals surface area contributed by atoms with E-state index >= 15 is 0 Å². The minimum atomic E-state index is -1.18. The average Bonchev–Trinajstić information content (AvgIpc) is 2.67. The zero-order valence-electron chi connectivity index (χ0n) is 18.6. The summed E-state index contributed by atoms with van der Waals surface area (Å²) in [6, 6.07) is 12.0. The molecule has 0 aliphatic carbocycles. The average molecular weight is 413 g/mol. The quantitative estimate of drug-likeness (QED) is 0.625. The number of carboxylic acids is 1. The molecular formula is C25H32O5. The molecule has 2 aromatic carbocycles. The molecule has 5 heteroatoms. The molecule has 1 aliphatic rings. The van der Waals surface area contributed by atoms with Gasteiger partial charge < -0.3 is 19.3 Å². The number of hydrogen-bond donors (Lipinski definition) is 1. The van der Waals surface area contributed by atoms with Crippen LogP contribution in [-0.4, -0.2) is 29.9 Å². The van der Waals surface area contributed by atoms with Crippen molar-refractivity contribution < 1.29 is 24.1 Å². The van der Waals surface area contributed by atoms with Crippen LogP contribution in [0, 0.1) is 6.92 Å². The smallest absolute Gasteiger partial charge is 0.347 e. The maximum Gasteiger partial charge on any atom is 0.347 e. The number of ether oxygens (including phenoxy) is 3. The van der Waals surface area contributed by atoms with E-state index in [9.17, 15) is 9.90 Å². The number of benzene rings is 2. The Balaban J connectivity index is 1.49. The van der Waals surface area contributed by atoms with Gasteiger partial charge in [0.15, 0.2) is 0 Å². The number of aliphatic carboxylic acids is 1. The van der Waals surface area contributed by atoms with Gasteiger partial charge in [0.25, 0.3) is 0 Å². The maximum atomic E-state index is 11.5. The van der Waals surface area contributed by atoms with Crippen molar-refractivity contribution in [3.05, 3.63) is 53.1 Å². The minimum absolute atomic E-state index is 0.123. The van der Waals surface area contributed by atoms with Crippen molar-refractivity contribution in [2.75, 3.05) is 13.2 Å². The number of hydrogen-bond acceptors (Lipinski definition) is 4. The third-order valence-corrected chi connectivity index (χ3v) is 5.55. The molecule has 0 radical (unpaired) electrons. The lowest BCUT2D eigenvalue weighted by Crippen LogP contribution is -2.44. The first-order chi connectivity index (χ1) is 14.1.